The Balaban J connectivity index is 1.19. The SMILES string of the molecule is Cc1cccn2cc(CC(=O)Nc3ccc(CC(=O)N4CCc5ccccc54)cc3)nc12. The van der Waals surface area contributed by atoms with Gasteiger partial charge < -0.3 is 14.6 Å². The standard InChI is InChI=1S/C26H24N4O2/c1-18-5-4-13-29-17-22(28-26(18)29)16-24(31)27-21-10-8-19(9-11-21)15-25(32)30-14-12-20-6-2-3-7-23(20)30/h2-11,13,17H,12,14-16H2,1H3,(H,27,31). The minimum Gasteiger partial charge on any atom is -0.326 e. The highest BCUT2D eigenvalue weighted by atomic mass is 16.2. The molecule has 0 aliphatic carbocycles. The smallest absolute Gasteiger partial charge is 0.231 e. The van der Waals surface area contributed by atoms with Gasteiger partial charge in [0.15, 0.2) is 0 Å². The lowest BCUT2D eigenvalue weighted by Crippen LogP contribution is -2.30. The van der Waals surface area contributed by atoms with Crippen LogP contribution in [0.4, 0.5) is 11.4 Å². The highest BCUT2D eigenvalue weighted by Crippen LogP contribution is 2.28. The molecular weight excluding hydrogens is 400 g/mol. The topological polar surface area (TPSA) is 66.7 Å². The number of para-hydroxylation sites is 1. The number of fused-ring (bicyclic) bond motifs is 2. The number of nitrogens with zero attached hydrogens (tertiary/aromatic N) is 3. The van der Waals surface area contributed by atoms with Crippen molar-refractivity contribution in [2.75, 3.05) is 16.8 Å². The Kier molecular flexibility index (Phi) is 5.19. The van der Waals surface area contributed by atoms with Crippen molar-refractivity contribution in [3.05, 3.63) is 95.4 Å². The van der Waals surface area contributed by atoms with Gasteiger partial charge in [0.1, 0.15) is 5.65 Å². The summed E-state index contributed by atoms with van der Waals surface area (Å²) in [6, 6.07) is 19.5. The number of aromatic nitrogens is 2. The van der Waals surface area contributed by atoms with E-state index in [-0.39, 0.29) is 18.2 Å². The molecule has 0 radical (unpaired) electrons. The third kappa shape index (κ3) is 3.99. The number of carbonyl (C=O) groups excluding carboxylic acids is 2. The Hall–Kier alpha value is -3.93. The Morgan fingerprint density at radius 3 is 2.62 bits per heavy atom. The summed E-state index contributed by atoms with van der Waals surface area (Å²) in [5, 5.41) is 2.91. The fraction of sp³-hybridized carbons (Fsp3) is 0.192. The van der Waals surface area contributed by atoms with E-state index in [1.807, 2.05) is 83.2 Å². The van der Waals surface area contributed by atoms with Crippen LogP contribution < -0.4 is 10.2 Å². The van der Waals surface area contributed by atoms with E-state index in [0.29, 0.717) is 12.1 Å². The van der Waals surface area contributed by atoms with Crippen LogP contribution in [0.1, 0.15) is 22.4 Å². The molecule has 1 aliphatic heterocycles. The molecule has 32 heavy (non-hydrogen) atoms. The number of rotatable bonds is 5. The van der Waals surface area contributed by atoms with Gasteiger partial charge >= 0.3 is 0 Å². The van der Waals surface area contributed by atoms with Crippen LogP contribution >= 0.6 is 0 Å². The minimum atomic E-state index is -0.122. The molecular formula is C26H24N4O2. The Bertz CT molecular complexity index is 1310. The summed E-state index contributed by atoms with van der Waals surface area (Å²) >= 11 is 0. The highest BCUT2D eigenvalue weighted by molar-refractivity contribution is 5.97. The monoisotopic (exact) mass is 424 g/mol. The van der Waals surface area contributed by atoms with E-state index in [4.69, 9.17) is 0 Å². The first-order chi connectivity index (χ1) is 15.6. The second-order valence-electron chi connectivity index (χ2n) is 8.18. The number of pyridine rings is 1. The van der Waals surface area contributed by atoms with Crippen molar-refractivity contribution in [3.63, 3.8) is 0 Å². The molecule has 1 N–H and O–H groups in total. The Morgan fingerprint density at radius 1 is 1.00 bits per heavy atom. The third-order valence-corrected chi connectivity index (χ3v) is 5.85. The number of carbonyl (C=O) groups is 2. The van der Waals surface area contributed by atoms with Gasteiger partial charge in [-0.3, -0.25) is 9.59 Å². The number of aryl methyl sites for hydroxylation is 1. The van der Waals surface area contributed by atoms with Gasteiger partial charge in [-0.15, -0.1) is 0 Å². The normalized spacial score (nSPS) is 12.7. The molecule has 6 nitrogen and oxygen atoms in total. The van der Waals surface area contributed by atoms with Crippen molar-refractivity contribution in [1.29, 1.82) is 0 Å². The molecule has 0 saturated heterocycles. The molecule has 0 bridgehead atoms. The van der Waals surface area contributed by atoms with Crippen molar-refractivity contribution in [1.82, 2.24) is 9.38 Å². The third-order valence-electron chi connectivity index (χ3n) is 5.85. The zero-order valence-corrected chi connectivity index (χ0v) is 17.9. The molecule has 0 unspecified atom stereocenters. The molecule has 3 heterocycles. The van der Waals surface area contributed by atoms with Crippen molar-refractivity contribution in [2.45, 2.75) is 26.2 Å². The largest absolute Gasteiger partial charge is 0.326 e. The molecule has 2 aromatic heterocycles. The second kappa shape index (κ2) is 8.30. The van der Waals surface area contributed by atoms with Crippen LogP contribution in [0.3, 0.4) is 0 Å². The van der Waals surface area contributed by atoms with Gasteiger partial charge in [0.25, 0.3) is 0 Å². The van der Waals surface area contributed by atoms with Crippen LogP contribution in [0.2, 0.25) is 0 Å². The van der Waals surface area contributed by atoms with Gasteiger partial charge in [-0.25, -0.2) is 4.98 Å². The molecule has 5 rings (SSSR count). The molecule has 1 aliphatic rings. The number of benzene rings is 2. The van der Waals surface area contributed by atoms with Gasteiger partial charge in [0, 0.05) is 30.3 Å². The molecule has 0 atom stereocenters. The first-order valence-corrected chi connectivity index (χ1v) is 10.8. The summed E-state index contributed by atoms with van der Waals surface area (Å²) in [6.45, 7) is 2.73. The summed E-state index contributed by atoms with van der Waals surface area (Å²) in [7, 11) is 0. The molecule has 4 aromatic rings. The van der Waals surface area contributed by atoms with Crippen molar-refractivity contribution in [2.24, 2.45) is 0 Å². The van der Waals surface area contributed by atoms with E-state index in [2.05, 4.69) is 16.4 Å². The van der Waals surface area contributed by atoms with Crippen LogP contribution in [0.25, 0.3) is 5.65 Å². The summed E-state index contributed by atoms with van der Waals surface area (Å²) in [5.41, 5.74) is 6.53. The quantitative estimate of drug-likeness (QED) is 0.527. The van der Waals surface area contributed by atoms with Gasteiger partial charge in [-0.05, 0) is 54.3 Å². The average molecular weight is 425 g/mol. The van der Waals surface area contributed by atoms with Crippen LogP contribution in [-0.4, -0.2) is 27.7 Å². The lowest BCUT2D eigenvalue weighted by Gasteiger charge is -2.17. The van der Waals surface area contributed by atoms with E-state index in [1.54, 1.807) is 0 Å². The van der Waals surface area contributed by atoms with Crippen LogP contribution in [0.5, 0.6) is 0 Å². The van der Waals surface area contributed by atoms with E-state index in [0.717, 1.165) is 41.1 Å². The van der Waals surface area contributed by atoms with Crippen LogP contribution in [-0.2, 0) is 28.9 Å². The molecule has 160 valence electrons. The van der Waals surface area contributed by atoms with Crippen molar-refractivity contribution < 1.29 is 9.59 Å². The number of hydrogen-bond donors (Lipinski definition) is 1. The summed E-state index contributed by atoms with van der Waals surface area (Å²) in [5.74, 6) is -0.0302. The lowest BCUT2D eigenvalue weighted by molar-refractivity contribution is -0.118. The maximum Gasteiger partial charge on any atom is 0.231 e. The summed E-state index contributed by atoms with van der Waals surface area (Å²) < 4.78 is 1.93. The fourth-order valence-electron chi connectivity index (χ4n) is 4.23. The predicted octanol–water partition coefficient (Wildman–Crippen LogP) is 3.96. The number of nitrogens with one attached hydrogen (secondary N) is 1. The first kappa shape index (κ1) is 20.0. The summed E-state index contributed by atoms with van der Waals surface area (Å²) in [4.78, 5) is 31.7. The lowest BCUT2D eigenvalue weighted by atomic mass is 10.1. The first-order valence-electron chi connectivity index (χ1n) is 10.8. The zero-order chi connectivity index (χ0) is 22.1. The van der Waals surface area contributed by atoms with E-state index >= 15 is 0 Å². The summed E-state index contributed by atoms with van der Waals surface area (Å²) in [6.07, 6.45) is 5.25. The predicted molar refractivity (Wildman–Crippen MR) is 125 cm³/mol. The van der Waals surface area contributed by atoms with Crippen LogP contribution in [0.15, 0.2) is 73.1 Å². The maximum absolute atomic E-state index is 12.8. The molecule has 0 saturated carbocycles. The highest BCUT2D eigenvalue weighted by Gasteiger charge is 2.24. The molecule has 0 spiro atoms. The number of anilines is 2. The van der Waals surface area contributed by atoms with Crippen molar-refractivity contribution in [3.8, 4) is 0 Å². The molecule has 0 fully saturated rings. The van der Waals surface area contributed by atoms with Crippen LogP contribution in [0, 0.1) is 6.92 Å². The molecule has 6 heteroatoms. The number of hydrogen-bond acceptors (Lipinski definition) is 3. The van der Waals surface area contributed by atoms with Gasteiger partial charge in [-0.2, -0.15) is 0 Å². The number of imidazole rings is 1. The van der Waals surface area contributed by atoms with Gasteiger partial charge in [0.05, 0.1) is 18.5 Å². The minimum absolute atomic E-state index is 0.0916. The number of amides is 2. The zero-order valence-electron chi connectivity index (χ0n) is 17.9. The van der Waals surface area contributed by atoms with Crippen molar-refractivity contribution >= 4 is 28.8 Å². The van der Waals surface area contributed by atoms with Gasteiger partial charge in [-0.1, -0.05) is 36.4 Å². The van der Waals surface area contributed by atoms with Gasteiger partial charge in [0.2, 0.25) is 11.8 Å². The maximum atomic E-state index is 12.8. The Labute approximate surface area is 186 Å². The average Bonchev–Trinajstić information content (AvgIpc) is 3.40. The second-order valence-corrected chi connectivity index (χ2v) is 8.18. The van der Waals surface area contributed by atoms with E-state index in [9.17, 15) is 9.59 Å². The van der Waals surface area contributed by atoms with E-state index < -0.39 is 0 Å². The molecule has 2 amide bonds. The fourth-order valence-corrected chi connectivity index (χ4v) is 4.23. The molecule has 2 aromatic carbocycles. The van der Waals surface area contributed by atoms with E-state index in [1.165, 1.54) is 5.56 Å². The Morgan fingerprint density at radius 2 is 1.81 bits per heavy atom.